The first-order valence-corrected chi connectivity index (χ1v) is 7.43. The van der Waals surface area contributed by atoms with Crippen LogP contribution in [0, 0.1) is 0 Å². The number of aromatic nitrogens is 2. The van der Waals surface area contributed by atoms with E-state index in [-0.39, 0.29) is 6.04 Å². The number of hydrogen-bond acceptors (Lipinski definition) is 2. The number of nitrogens with zero attached hydrogens (tertiary/aromatic N) is 2. The monoisotopic (exact) mass is 279 g/mol. The van der Waals surface area contributed by atoms with Gasteiger partial charge < -0.3 is 5.32 Å². The first-order valence-electron chi connectivity index (χ1n) is 7.43. The molecule has 3 rings (SSSR count). The van der Waals surface area contributed by atoms with E-state index in [0.717, 1.165) is 5.69 Å². The van der Waals surface area contributed by atoms with Gasteiger partial charge >= 0.3 is 0 Å². The van der Waals surface area contributed by atoms with E-state index >= 15 is 0 Å². The van der Waals surface area contributed by atoms with E-state index in [4.69, 9.17) is 0 Å². The molecule has 1 atom stereocenters. The van der Waals surface area contributed by atoms with E-state index in [0.29, 0.717) is 6.04 Å². The van der Waals surface area contributed by atoms with Gasteiger partial charge in [-0.1, -0.05) is 36.4 Å². The fourth-order valence-corrected chi connectivity index (χ4v) is 2.51. The smallest absolute Gasteiger partial charge is 0.0731 e. The Bertz CT molecular complexity index is 743. The molecule has 0 bridgehead atoms. The third kappa shape index (κ3) is 2.92. The van der Waals surface area contributed by atoms with Crippen LogP contribution in [0.1, 0.15) is 38.4 Å². The molecule has 21 heavy (non-hydrogen) atoms. The van der Waals surface area contributed by atoms with Crippen LogP contribution in [-0.2, 0) is 0 Å². The lowest BCUT2D eigenvalue weighted by molar-refractivity contribution is 0.532. The van der Waals surface area contributed by atoms with Crippen molar-refractivity contribution in [3.63, 3.8) is 0 Å². The van der Waals surface area contributed by atoms with Gasteiger partial charge in [0.2, 0.25) is 0 Å². The van der Waals surface area contributed by atoms with E-state index in [2.05, 4.69) is 79.8 Å². The highest BCUT2D eigenvalue weighted by molar-refractivity contribution is 5.83. The lowest BCUT2D eigenvalue weighted by atomic mass is 10.0. The van der Waals surface area contributed by atoms with Gasteiger partial charge in [-0.2, -0.15) is 5.10 Å². The van der Waals surface area contributed by atoms with Crippen molar-refractivity contribution < 1.29 is 0 Å². The second-order valence-corrected chi connectivity index (χ2v) is 5.78. The van der Waals surface area contributed by atoms with Gasteiger partial charge in [0.1, 0.15) is 0 Å². The fourth-order valence-electron chi connectivity index (χ4n) is 2.51. The van der Waals surface area contributed by atoms with Gasteiger partial charge in [0.15, 0.2) is 0 Å². The van der Waals surface area contributed by atoms with E-state index in [1.54, 1.807) is 0 Å². The van der Waals surface area contributed by atoms with Crippen molar-refractivity contribution in [1.29, 1.82) is 0 Å². The number of rotatable bonds is 4. The van der Waals surface area contributed by atoms with E-state index in [1.165, 1.54) is 16.3 Å². The summed E-state index contributed by atoms with van der Waals surface area (Å²) in [7, 11) is 0. The molecule has 0 amide bonds. The van der Waals surface area contributed by atoms with Crippen LogP contribution >= 0.6 is 0 Å². The summed E-state index contributed by atoms with van der Waals surface area (Å²) in [4.78, 5) is 0. The molecule has 2 aromatic carbocycles. The first kappa shape index (κ1) is 13.7. The van der Waals surface area contributed by atoms with Gasteiger partial charge in [-0.25, -0.2) is 0 Å². The number of nitrogens with one attached hydrogen (secondary N) is 1. The third-order valence-corrected chi connectivity index (χ3v) is 3.79. The molecular weight excluding hydrogens is 258 g/mol. The summed E-state index contributed by atoms with van der Waals surface area (Å²) in [6.07, 6.45) is 3.94. The van der Waals surface area contributed by atoms with Crippen LogP contribution in [0.15, 0.2) is 54.9 Å². The van der Waals surface area contributed by atoms with Crippen LogP contribution in [0.2, 0.25) is 0 Å². The zero-order valence-electron chi connectivity index (χ0n) is 12.7. The van der Waals surface area contributed by atoms with Crippen LogP contribution < -0.4 is 5.32 Å². The second kappa shape index (κ2) is 5.60. The maximum Gasteiger partial charge on any atom is 0.0731 e. The average molecular weight is 279 g/mol. The quantitative estimate of drug-likeness (QED) is 0.744. The molecule has 3 aromatic rings. The van der Waals surface area contributed by atoms with Crippen molar-refractivity contribution in [2.75, 3.05) is 5.32 Å². The Morgan fingerprint density at radius 1 is 1.00 bits per heavy atom. The van der Waals surface area contributed by atoms with Gasteiger partial charge in [0.05, 0.1) is 11.9 Å². The number of fused-ring (bicyclic) bond motifs is 1. The zero-order valence-corrected chi connectivity index (χ0v) is 12.7. The molecular formula is C18H21N3. The molecule has 0 saturated carbocycles. The van der Waals surface area contributed by atoms with Crippen molar-refractivity contribution in [1.82, 2.24) is 9.78 Å². The fraction of sp³-hybridized carbons (Fsp3) is 0.278. The number of benzene rings is 2. The van der Waals surface area contributed by atoms with Crippen molar-refractivity contribution >= 4 is 16.5 Å². The van der Waals surface area contributed by atoms with E-state index < -0.39 is 0 Å². The summed E-state index contributed by atoms with van der Waals surface area (Å²) >= 11 is 0. The predicted molar refractivity (Wildman–Crippen MR) is 88.6 cm³/mol. The Morgan fingerprint density at radius 2 is 1.76 bits per heavy atom. The summed E-state index contributed by atoms with van der Waals surface area (Å²) in [6, 6.07) is 15.7. The molecule has 3 nitrogen and oxygen atoms in total. The average Bonchev–Trinajstić information content (AvgIpc) is 2.95. The van der Waals surface area contributed by atoms with Crippen molar-refractivity contribution in [3.8, 4) is 0 Å². The lowest BCUT2D eigenvalue weighted by Crippen LogP contribution is -2.06. The Morgan fingerprint density at radius 3 is 2.48 bits per heavy atom. The molecule has 0 aliphatic rings. The van der Waals surface area contributed by atoms with E-state index in [1.807, 2.05) is 10.9 Å². The van der Waals surface area contributed by atoms with Crippen LogP contribution in [0.3, 0.4) is 0 Å². The van der Waals surface area contributed by atoms with Crippen molar-refractivity contribution in [2.24, 2.45) is 0 Å². The lowest BCUT2D eigenvalue weighted by Gasteiger charge is -2.15. The maximum atomic E-state index is 4.37. The Kier molecular flexibility index (Phi) is 3.65. The molecule has 1 N–H and O–H groups in total. The molecule has 0 spiro atoms. The van der Waals surface area contributed by atoms with Crippen molar-refractivity contribution in [3.05, 3.63) is 60.4 Å². The van der Waals surface area contributed by atoms with Crippen LogP contribution in [-0.4, -0.2) is 9.78 Å². The number of hydrogen-bond donors (Lipinski definition) is 1. The summed E-state index contributed by atoms with van der Waals surface area (Å²) in [6.45, 7) is 6.43. The maximum absolute atomic E-state index is 4.37. The van der Waals surface area contributed by atoms with Crippen molar-refractivity contribution in [2.45, 2.75) is 32.9 Å². The predicted octanol–water partition coefficient (Wildman–Crippen LogP) is 4.79. The molecule has 1 heterocycles. The van der Waals surface area contributed by atoms with Gasteiger partial charge in [-0.3, -0.25) is 4.68 Å². The molecule has 108 valence electrons. The van der Waals surface area contributed by atoms with Crippen LogP contribution in [0.5, 0.6) is 0 Å². The second-order valence-electron chi connectivity index (χ2n) is 5.78. The molecule has 0 fully saturated rings. The minimum Gasteiger partial charge on any atom is -0.376 e. The summed E-state index contributed by atoms with van der Waals surface area (Å²) in [5.74, 6) is 0. The summed E-state index contributed by atoms with van der Waals surface area (Å²) in [5.41, 5.74) is 2.34. The van der Waals surface area contributed by atoms with Gasteiger partial charge in [-0.15, -0.1) is 0 Å². The molecule has 0 aliphatic heterocycles. The molecule has 3 heteroatoms. The zero-order chi connectivity index (χ0) is 14.8. The standard InChI is InChI=1S/C18H21N3/c1-13(2)21-12-18(11-19-21)20-14(3)16-9-8-15-6-4-5-7-17(15)10-16/h4-14,20H,1-3H3. The largest absolute Gasteiger partial charge is 0.376 e. The molecule has 0 saturated heterocycles. The summed E-state index contributed by atoms with van der Waals surface area (Å²) in [5, 5.41) is 10.4. The number of anilines is 1. The Balaban J connectivity index is 1.80. The summed E-state index contributed by atoms with van der Waals surface area (Å²) < 4.78 is 1.97. The van der Waals surface area contributed by atoms with Gasteiger partial charge in [0, 0.05) is 18.3 Å². The SMILES string of the molecule is CC(Nc1cnn(C(C)C)c1)c1ccc2ccccc2c1. The molecule has 0 aliphatic carbocycles. The van der Waals surface area contributed by atoms with Crippen LogP contribution in [0.4, 0.5) is 5.69 Å². The first-order chi connectivity index (χ1) is 10.1. The molecule has 1 unspecified atom stereocenters. The Labute approximate surface area is 125 Å². The highest BCUT2D eigenvalue weighted by Gasteiger charge is 2.08. The topological polar surface area (TPSA) is 29.9 Å². The molecule has 1 aromatic heterocycles. The molecule has 0 radical (unpaired) electrons. The van der Waals surface area contributed by atoms with Crippen LogP contribution in [0.25, 0.3) is 10.8 Å². The third-order valence-electron chi connectivity index (χ3n) is 3.79. The van der Waals surface area contributed by atoms with Gasteiger partial charge in [0.25, 0.3) is 0 Å². The highest BCUT2D eigenvalue weighted by atomic mass is 15.3. The Hall–Kier alpha value is -2.29. The van der Waals surface area contributed by atoms with E-state index in [9.17, 15) is 0 Å². The highest BCUT2D eigenvalue weighted by Crippen LogP contribution is 2.23. The van der Waals surface area contributed by atoms with Gasteiger partial charge in [-0.05, 0) is 43.2 Å². The normalized spacial score (nSPS) is 12.8. The minimum absolute atomic E-state index is 0.249. The minimum atomic E-state index is 0.249.